The van der Waals surface area contributed by atoms with Gasteiger partial charge in [-0.05, 0) is 6.08 Å². The molecule has 0 saturated heterocycles. The molecule has 0 aliphatic carbocycles. The molecule has 2 rings (SSSR count). The van der Waals surface area contributed by atoms with Gasteiger partial charge in [0.1, 0.15) is 11.3 Å². The summed E-state index contributed by atoms with van der Waals surface area (Å²) in [7, 11) is 1.91. The third-order valence-electron chi connectivity index (χ3n) is 2.46. The van der Waals surface area contributed by atoms with Crippen molar-refractivity contribution in [2.75, 3.05) is 5.32 Å². The molecule has 0 aromatic carbocycles. The number of aromatic nitrogens is 4. The molecule has 5 nitrogen and oxygen atoms in total. The average Bonchev–Trinajstić information content (AvgIpc) is 2.71. The maximum Gasteiger partial charge on any atom is 0.183 e. The number of imidazole rings is 1. The summed E-state index contributed by atoms with van der Waals surface area (Å²) in [5.74, 6) is 1.48. The van der Waals surface area contributed by atoms with Gasteiger partial charge in [-0.3, -0.25) is 0 Å². The average molecular weight is 229 g/mol. The summed E-state index contributed by atoms with van der Waals surface area (Å²) < 4.78 is 1.88. The van der Waals surface area contributed by atoms with Crippen molar-refractivity contribution in [2.24, 2.45) is 7.05 Å². The van der Waals surface area contributed by atoms with Crippen molar-refractivity contribution in [3.63, 3.8) is 0 Å². The highest BCUT2D eigenvalue weighted by Crippen LogP contribution is 2.20. The van der Waals surface area contributed by atoms with Gasteiger partial charge in [0.15, 0.2) is 11.5 Å². The highest BCUT2D eigenvalue weighted by atomic mass is 15.1. The molecule has 88 valence electrons. The number of nitrogens with one attached hydrogen (secondary N) is 1. The molecule has 0 aliphatic rings. The van der Waals surface area contributed by atoms with E-state index >= 15 is 0 Å². The van der Waals surface area contributed by atoms with Crippen LogP contribution in [0.5, 0.6) is 0 Å². The lowest BCUT2D eigenvalue weighted by Gasteiger charge is -2.08. The Labute approximate surface area is 99.9 Å². The maximum absolute atomic E-state index is 4.45. The second-order valence-corrected chi connectivity index (χ2v) is 3.72. The molecule has 2 aromatic rings. The normalized spacial score (nSPS) is 10.5. The van der Waals surface area contributed by atoms with Gasteiger partial charge >= 0.3 is 0 Å². The minimum atomic E-state index is 0.693. The van der Waals surface area contributed by atoms with E-state index in [1.807, 2.05) is 18.5 Å². The molecule has 17 heavy (non-hydrogen) atoms. The van der Waals surface area contributed by atoms with Crippen LogP contribution in [-0.4, -0.2) is 19.5 Å². The zero-order chi connectivity index (χ0) is 12.4. The number of rotatable bonds is 4. The zero-order valence-electron chi connectivity index (χ0n) is 10.1. The lowest BCUT2D eigenvalue weighted by Crippen LogP contribution is -2.04. The summed E-state index contributed by atoms with van der Waals surface area (Å²) in [6.45, 7) is 9.50. The fourth-order valence-electron chi connectivity index (χ4n) is 1.55. The molecule has 0 unspecified atom stereocenters. The first-order valence-corrected chi connectivity index (χ1v) is 5.42. The molecule has 0 radical (unpaired) electrons. The van der Waals surface area contributed by atoms with E-state index in [-0.39, 0.29) is 0 Å². The van der Waals surface area contributed by atoms with Gasteiger partial charge in [0.05, 0.1) is 6.33 Å². The van der Waals surface area contributed by atoms with Crippen molar-refractivity contribution in [3.05, 3.63) is 37.1 Å². The van der Waals surface area contributed by atoms with Gasteiger partial charge in [-0.15, -0.1) is 0 Å². The Bertz CT molecular complexity index is 582. The van der Waals surface area contributed by atoms with Crippen molar-refractivity contribution in [1.82, 2.24) is 19.5 Å². The van der Waals surface area contributed by atoms with E-state index in [2.05, 4.69) is 33.4 Å². The van der Waals surface area contributed by atoms with Crippen LogP contribution in [0.1, 0.15) is 12.7 Å². The Morgan fingerprint density at radius 2 is 2.29 bits per heavy atom. The topological polar surface area (TPSA) is 55.6 Å². The number of allylic oxidation sites excluding steroid dienone is 1. The molecule has 0 atom stereocenters. The van der Waals surface area contributed by atoms with E-state index in [0.29, 0.717) is 11.3 Å². The van der Waals surface area contributed by atoms with Crippen LogP contribution in [0.3, 0.4) is 0 Å². The Hall–Kier alpha value is -2.17. The van der Waals surface area contributed by atoms with Crippen LogP contribution < -0.4 is 5.32 Å². The van der Waals surface area contributed by atoms with Gasteiger partial charge in [-0.2, -0.15) is 0 Å². The first-order valence-electron chi connectivity index (χ1n) is 5.42. The molecule has 2 heterocycles. The molecular formula is C12H15N5. The van der Waals surface area contributed by atoms with Crippen LogP contribution in [0, 0.1) is 0 Å². The monoisotopic (exact) mass is 229 g/mol. The molecule has 0 spiro atoms. The van der Waals surface area contributed by atoms with E-state index in [1.54, 1.807) is 12.4 Å². The first kappa shape index (κ1) is 11.3. The van der Waals surface area contributed by atoms with Crippen molar-refractivity contribution >= 4 is 17.0 Å². The number of hydrogen-bond acceptors (Lipinski definition) is 4. The standard InChI is InChI=1S/C12H15N5/c1-5-8(3)14-12-10-11(13-7-17(10)4)15-9(6-2)16-12/h5,7H,1,3,6H2,2,4H3,(H,14,15,16). The van der Waals surface area contributed by atoms with Crippen LogP contribution >= 0.6 is 0 Å². The van der Waals surface area contributed by atoms with Crippen LogP contribution in [0.4, 0.5) is 5.82 Å². The van der Waals surface area contributed by atoms with Crippen molar-refractivity contribution in [2.45, 2.75) is 13.3 Å². The van der Waals surface area contributed by atoms with Gasteiger partial charge in [0, 0.05) is 19.2 Å². The van der Waals surface area contributed by atoms with Gasteiger partial charge in [-0.1, -0.05) is 20.1 Å². The number of hydrogen-bond donors (Lipinski definition) is 1. The Balaban J connectivity index is 2.60. The summed E-state index contributed by atoms with van der Waals surface area (Å²) in [6, 6.07) is 0. The minimum Gasteiger partial charge on any atom is -0.339 e. The van der Waals surface area contributed by atoms with Crippen molar-refractivity contribution in [1.29, 1.82) is 0 Å². The number of fused-ring (bicyclic) bond motifs is 1. The summed E-state index contributed by atoms with van der Waals surface area (Å²) in [4.78, 5) is 13.1. The van der Waals surface area contributed by atoms with E-state index in [9.17, 15) is 0 Å². The highest BCUT2D eigenvalue weighted by Gasteiger charge is 2.11. The summed E-state index contributed by atoms with van der Waals surface area (Å²) >= 11 is 0. The molecule has 2 aromatic heterocycles. The third-order valence-corrected chi connectivity index (χ3v) is 2.46. The van der Waals surface area contributed by atoms with E-state index in [0.717, 1.165) is 23.6 Å². The van der Waals surface area contributed by atoms with Crippen LogP contribution in [0.15, 0.2) is 31.3 Å². The molecule has 0 fully saturated rings. The fraction of sp³-hybridized carbons (Fsp3) is 0.250. The largest absolute Gasteiger partial charge is 0.339 e. The Kier molecular flexibility index (Phi) is 2.91. The zero-order valence-corrected chi connectivity index (χ0v) is 10.1. The first-order chi connectivity index (χ1) is 8.15. The van der Waals surface area contributed by atoms with Gasteiger partial charge < -0.3 is 9.88 Å². The lowest BCUT2D eigenvalue weighted by atomic mass is 10.4. The molecule has 0 saturated carbocycles. The van der Waals surface area contributed by atoms with E-state index in [1.165, 1.54) is 0 Å². The third kappa shape index (κ3) is 2.04. The van der Waals surface area contributed by atoms with Crippen LogP contribution in [-0.2, 0) is 13.5 Å². The molecule has 0 amide bonds. The minimum absolute atomic E-state index is 0.693. The Morgan fingerprint density at radius 1 is 1.53 bits per heavy atom. The maximum atomic E-state index is 4.45. The molecular weight excluding hydrogens is 214 g/mol. The second-order valence-electron chi connectivity index (χ2n) is 3.72. The number of aryl methyl sites for hydroxylation is 2. The highest BCUT2D eigenvalue weighted by molar-refractivity contribution is 5.84. The van der Waals surface area contributed by atoms with Crippen LogP contribution in [0.2, 0.25) is 0 Å². The Morgan fingerprint density at radius 3 is 2.94 bits per heavy atom. The van der Waals surface area contributed by atoms with Crippen LogP contribution in [0.25, 0.3) is 11.2 Å². The predicted molar refractivity (Wildman–Crippen MR) is 68.6 cm³/mol. The van der Waals surface area contributed by atoms with Crippen molar-refractivity contribution < 1.29 is 0 Å². The predicted octanol–water partition coefficient (Wildman–Crippen LogP) is 2.04. The van der Waals surface area contributed by atoms with E-state index in [4.69, 9.17) is 0 Å². The lowest BCUT2D eigenvalue weighted by molar-refractivity contribution is 0.933. The quantitative estimate of drug-likeness (QED) is 0.815. The SMILES string of the molecule is C=CC(=C)Nc1nc(CC)nc2ncn(C)c12. The summed E-state index contributed by atoms with van der Waals surface area (Å²) in [5, 5.41) is 3.11. The van der Waals surface area contributed by atoms with E-state index < -0.39 is 0 Å². The fourth-order valence-corrected chi connectivity index (χ4v) is 1.55. The second kappa shape index (κ2) is 4.37. The van der Waals surface area contributed by atoms with Gasteiger partial charge in [0.25, 0.3) is 0 Å². The summed E-state index contributed by atoms with van der Waals surface area (Å²) in [5.41, 5.74) is 2.26. The van der Waals surface area contributed by atoms with Gasteiger partial charge in [-0.25, -0.2) is 15.0 Å². The van der Waals surface area contributed by atoms with Crippen molar-refractivity contribution in [3.8, 4) is 0 Å². The smallest absolute Gasteiger partial charge is 0.183 e. The summed E-state index contributed by atoms with van der Waals surface area (Å²) in [6.07, 6.45) is 4.14. The number of nitrogens with zero attached hydrogens (tertiary/aromatic N) is 4. The van der Waals surface area contributed by atoms with Gasteiger partial charge in [0.2, 0.25) is 0 Å². The molecule has 0 bridgehead atoms. The number of anilines is 1. The molecule has 1 N–H and O–H groups in total. The molecule has 0 aliphatic heterocycles. The molecule has 5 heteroatoms.